The molecule has 0 fully saturated rings. The molecule has 1 aromatic rings. The molecule has 1 aromatic carbocycles. The molecule has 0 aliphatic heterocycles. The number of carbonyl (C=O) groups excluding carboxylic acids is 1. The fourth-order valence-electron chi connectivity index (χ4n) is 1.38. The minimum Gasteiger partial charge on any atom is -0.481 e. The number of carboxylic acid groups (broad SMARTS) is 1. The molecule has 86 valence electrons. The molecule has 0 radical (unpaired) electrons. The van der Waals surface area contributed by atoms with E-state index in [0.29, 0.717) is 10.6 Å². The molecule has 1 atom stereocenters. The van der Waals surface area contributed by atoms with Crippen LogP contribution in [0.15, 0.2) is 24.3 Å². The first-order valence-corrected chi connectivity index (χ1v) is 5.12. The molecule has 0 aromatic heterocycles. The predicted molar refractivity (Wildman–Crippen MR) is 60.5 cm³/mol. The highest BCUT2D eigenvalue weighted by molar-refractivity contribution is 6.31. The fraction of sp³-hybridized carbons (Fsp3) is 0.273. The molecule has 0 heterocycles. The second kappa shape index (κ2) is 5.51. The third-order valence-electron chi connectivity index (χ3n) is 2.25. The molecule has 0 saturated carbocycles. The lowest BCUT2D eigenvalue weighted by atomic mass is 9.95. The van der Waals surface area contributed by atoms with Gasteiger partial charge in [0.1, 0.15) is 0 Å². The molecular formula is C11H12ClNO3. The van der Waals surface area contributed by atoms with Gasteiger partial charge in [0.05, 0.1) is 5.92 Å². The van der Waals surface area contributed by atoms with E-state index >= 15 is 0 Å². The van der Waals surface area contributed by atoms with Crippen LogP contribution in [-0.2, 0) is 9.59 Å². The Morgan fingerprint density at radius 1 is 1.44 bits per heavy atom. The van der Waals surface area contributed by atoms with E-state index in [9.17, 15) is 9.59 Å². The van der Waals surface area contributed by atoms with Crippen LogP contribution in [0.2, 0.25) is 5.02 Å². The molecule has 1 rings (SSSR count). The molecule has 5 heteroatoms. The highest BCUT2D eigenvalue weighted by Gasteiger charge is 2.24. The minimum absolute atomic E-state index is 0.116. The van der Waals surface area contributed by atoms with E-state index in [2.05, 4.69) is 5.32 Å². The van der Waals surface area contributed by atoms with E-state index in [1.54, 1.807) is 24.3 Å². The lowest BCUT2D eigenvalue weighted by molar-refractivity contribution is -0.140. The van der Waals surface area contributed by atoms with Gasteiger partial charge in [0.2, 0.25) is 5.91 Å². The number of halogens is 1. The molecule has 0 aliphatic rings. The summed E-state index contributed by atoms with van der Waals surface area (Å²) in [5.74, 6) is -2.29. The first-order valence-electron chi connectivity index (χ1n) is 4.74. The van der Waals surface area contributed by atoms with Crippen molar-refractivity contribution in [2.45, 2.75) is 12.3 Å². The average Bonchev–Trinajstić information content (AvgIpc) is 2.26. The summed E-state index contributed by atoms with van der Waals surface area (Å²) in [4.78, 5) is 22.3. The van der Waals surface area contributed by atoms with E-state index in [1.807, 2.05) is 0 Å². The molecule has 16 heavy (non-hydrogen) atoms. The monoisotopic (exact) mass is 241 g/mol. The molecule has 1 amide bonds. The smallest absolute Gasteiger partial charge is 0.311 e. The van der Waals surface area contributed by atoms with Crippen molar-refractivity contribution < 1.29 is 14.7 Å². The molecule has 0 unspecified atom stereocenters. The topological polar surface area (TPSA) is 66.4 Å². The van der Waals surface area contributed by atoms with Gasteiger partial charge in [-0.25, -0.2) is 0 Å². The van der Waals surface area contributed by atoms with Crippen molar-refractivity contribution in [1.82, 2.24) is 5.32 Å². The standard InChI is InChI=1S/C11H12ClNO3/c1-13-10(14)6-8(11(15)16)7-4-2-3-5-9(7)12/h2-5,8H,6H2,1H3,(H,13,14)(H,15,16)/t8-/m0/s1. The van der Waals surface area contributed by atoms with Crippen LogP contribution >= 0.6 is 11.6 Å². The van der Waals surface area contributed by atoms with E-state index in [-0.39, 0.29) is 12.3 Å². The van der Waals surface area contributed by atoms with Gasteiger partial charge in [0.25, 0.3) is 0 Å². The Kier molecular flexibility index (Phi) is 4.31. The number of carbonyl (C=O) groups is 2. The first-order chi connectivity index (χ1) is 7.56. The number of rotatable bonds is 4. The maximum atomic E-state index is 11.2. The lowest BCUT2D eigenvalue weighted by Crippen LogP contribution is -2.24. The number of hydrogen-bond donors (Lipinski definition) is 2. The van der Waals surface area contributed by atoms with Crippen LogP contribution < -0.4 is 5.32 Å². The molecule has 0 saturated heterocycles. The Labute approximate surface area is 98.2 Å². The summed E-state index contributed by atoms with van der Waals surface area (Å²) in [6, 6.07) is 6.63. The second-order valence-corrected chi connectivity index (χ2v) is 3.70. The fourth-order valence-corrected chi connectivity index (χ4v) is 1.64. The van der Waals surface area contributed by atoms with Crippen molar-refractivity contribution in [1.29, 1.82) is 0 Å². The summed E-state index contributed by atoms with van der Waals surface area (Å²) >= 11 is 5.89. The van der Waals surface area contributed by atoms with Crippen LogP contribution in [-0.4, -0.2) is 24.0 Å². The van der Waals surface area contributed by atoms with E-state index < -0.39 is 11.9 Å². The van der Waals surface area contributed by atoms with Crippen molar-refractivity contribution in [3.63, 3.8) is 0 Å². The molecule has 4 nitrogen and oxygen atoms in total. The Balaban J connectivity index is 2.99. The third kappa shape index (κ3) is 2.97. The molecule has 0 aliphatic carbocycles. The van der Waals surface area contributed by atoms with Crippen molar-refractivity contribution in [2.24, 2.45) is 0 Å². The van der Waals surface area contributed by atoms with Crippen LogP contribution in [0.5, 0.6) is 0 Å². The molecule has 2 N–H and O–H groups in total. The van der Waals surface area contributed by atoms with Gasteiger partial charge in [-0.15, -0.1) is 0 Å². The Morgan fingerprint density at radius 2 is 2.06 bits per heavy atom. The highest BCUT2D eigenvalue weighted by atomic mass is 35.5. The van der Waals surface area contributed by atoms with Crippen LogP contribution in [0.3, 0.4) is 0 Å². The quantitative estimate of drug-likeness (QED) is 0.842. The summed E-state index contributed by atoms with van der Waals surface area (Å²) < 4.78 is 0. The predicted octanol–water partition coefficient (Wildman–Crippen LogP) is 1.64. The lowest BCUT2D eigenvalue weighted by Gasteiger charge is -2.13. The maximum Gasteiger partial charge on any atom is 0.311 e. The second-order valence-electron chi connectivity index (χ2n) is 3.29. The number of aliphatic carboxylic acids is 1. The minimum atomic E-state index is -1.06. The summed E-state index contributed by atoms with van der Waals surface area (Å²) in [5.41, 5.74) is 0.459. The largest absolute Gasteiger partial charge is 0.481 e. The van der Waals surface area contributed by atoms with Gasteiger partial charge in [-0.2, -0.15) is 0 Å². The average molecular weight is 242 g/mol. The van der Waals surface area contributed by atoms with Crippen LogP contribution in [0.25, 0.3) is 0 Å². The van der Waals surface area contributed by atoms with Crippen molar-refractivity contribution in [3.05, 3.63) is 34.9 Å². The highest BCUT2D eigenvalue weighted by Crippen LogP contribution is 2.27. The third-order valence-corrected chi connectivity index (χ3v) is 2.59. The summed E-state index contributed by atoms with van der Waals surface area (Å²) in [5, 5.41) is 11.8. The van der Waals surface area contributed by atoms with E-state index in [0.717, 1.165) is 0 Å². The number of hydrogen-bond acceptors (Lipinski definition) is 2. The Bertz CT molecular complexity index is 406. The van der Waals surface area contributed by atoms with Crippen molar-refractivity contribution in [3.8, 4) is 0 Å². The SMILES string of the molecule is CNC(=O)C[C@H](C(=O)O)c1ccccc1Cl. The van der Waals surface area contributed by atoms with Gasteiger partial charge < -0.3 is 10.4 Å². The van der Waals surface area contributed by atoms with Gasteiger partial charge in [-0.05, 0) is 11.6 Å². The van der Waals surface area contributed by atoms with E-state index in [4.69, 9.17) is 16.7 Å². The normalized spacial score (nSPS) is 11.9. The molecular weight excluding hydrogens is 230 g/mol. The summed E-state index contributed by atoms with van der Waals surface area (Å²) in [6.45, 7) is 0. The number of amides is 1. The van der Waals surface area contributed by atoms with E-state index in [1.165, 1.54) is 7.05 Å². The van der Waals surface area contributed by atoms with Crippen LogP contribution in [0, 0.1) is 0 Å². The van der Waals surface area contributed by atoms with Crippen molar-refractivity contribution in [2.75, 3.05) is 7.05 Å². The zero-order valence-electron chi connectivity index (χ0n) is 8.74. The van der Waals surface area contributed by atoms with Gasteiger partial charge in [0, 0.05) is 18.5 Å². The Hall–Kier alpha value is -1.55. The zero-order chi connectivity index (χ0) is 12.1. The first kappa shape index (κ1) is 12.5. The van der Waals surface area contributed by atoms with Gasteiger partial charge in [-0.1, -0.05) is 29.8 Å². The molecule has 0 bridgehead atoms. The molecule has 0 spiro atoms. The number of carboxylic acids is 1. The Morgan fingerprint density at radius 3 is 2.56 bits per heavy atom. The summed E-state index contributed by atoms with van der Waals surface area (Å²) in [7, 11) is 1.47. The number of benzene rings is 1. The van der Waals surface area contributed by atoms with Crippen LogP contribution in [0.1, 0.15) is 17.9 Å². The summed E-state index contributed by atoms with van der Waals surface area (Å²) in [6.07, 6.45) is -0.116. The van der Waals surface area contributed by atoms with Crippen LogP contribution in [0.4, 0.5) is 0 Å². The van der Waals surface area contributed by atoms with Gasteiger partial charge >= 0.3 is 5.97 Å². The van der Waals surface area contributed by atoms with Gasteiger partial charge in [-0.3, -0.25) is 9.59 Å². The van der Waals surface area contributed by atoms with Crippen molar-refractivity contribution >= 4 is 23.5 Å². The van der Waals surface area contributed by atoms with Gasteiger partial charge in [0.15, 0.2) is 0 Å². The number of nitrogens with one attached hydrogen (secondary N) is 1. The zero-order valence-corrected chi connectivity index (χ0v) is 9.49. The maximum absolute atomic E-state index is 11.2.